The zero-order chi connectivity index (χ0) is 29.2. The van der Waals surface area contributed by atoms with E-state index >= 15 is 0 Å². The van der Waals surface area contributed by atoms with Gasteiger partial charge in [-0.2, -0.15) is 5.26 Å². The number of amides is 2. The zero-order valence-electron chi connectivity index (χ0n) is 22.8. The lowest BCUT2D eigenvalue weighted by molar-refractivity contribution is -0.146. The van der Waals surface area contributed by atoms with Crippen molar-refractivity contribution in [3.05, 3.63) is 95.6 Å². The zero-order valence-corrected chi connectivity index (χ0v) is 22.8. The molecule has 0 bridgehead atoms. The number of hydrogen-bond acceptors (Lipinski definition) is 6. The highest BCUT2D eigenvalue weighted by molar-refractivity contribution is 5.89. The highest BCUT2D eigenvalue weighted by Crippen LogP contribution is 2.44. The Bertz CT molecular complexity index is 1360. The number of aliphatic carboxylic acids is 1. The number of carbonyl (C=O) groups is 3. The first-order valence-corrected chi connectivity index (χ1v) is 13.6. The molecule has 0 fully saturated rings. The number of unbranched alkanes of at least 4 members (excludes halogenated alkanes) is 1. The van der Waals surface area contributed by atoms with Crippen molar-refractivity contribution in [2.45, 2.75) is 56.9 Å². The van der Waals surface area contributed by atoms with Gasteiger partial charge in [-0.05, 0) is 47.6 Å². The molecule has 3 N–H and O–H groups in total. The van der Waals surface area contributed by atoms with Gasteiger partial charge in [-0.3, -0.25) is 4.79 Å². The van der Waals surface area contributed by atoms with Crippen LogP contribution in [0, 0.1) is 11.3 Å². The average molecular weight is 556 g/mol. The summed E-state index contributed by atoms with van der Waals surface area (Å²) < 4.78 is 11.3. The van der Waals surface area contributed by atoms with Gasteiger partial charge in [0.2, 0.25) is 5.91 Å². The van der Waals surface area contributed by atoms with Crippen LogP contribution in [0.15, 0.2) is 78.9 Å². The molecule has 0 radical (unpaired) electrons. The summed E-state index contributed by atoms with van der Waals surface area (Å²) in [6.07, 6.45) is -1.02. The van der Waals surface area contributed by atoms with Crippen LogP contribution in [0.2, 0.25) is 0 Å². The summed E-state index contributed by atoms with van der Waals surface area (Å²) in [7, 11) is 0. The Morgan fingerprint density at radius 2 is 1.54 bits per heavy atom. The number of nitriles is 1. The fourth-order valence-corrected chi connectivity index (χ4v) is 4.97. The van der Waals surface area contributed by atoms with Crippen LogP contribution < -0.4 is 10.6 Å². The Kier molecular flexibility index (Phi) is 10.1. The molecule has 0 aromatic heterocycles. The number of carboxylic acid groups (broad SMARTS) is 1. The van der Waals surface area contributed by atoms with Crippen LogP contribution in [-0.2, 0) is 25.7 Å². The van der Waals surface area contributed by atoms with Crippen molar-refractivity contribution in [2.24, 2.45) is 0 Å². The van der Waals surface area contributed by atoms with Crippen molar-refractivity contribution in [3.8, 4) is 17.2 Å². The molecular weight excluding hydrogens is 522 g/mol. The second kappa shape index (κ2) is 14.1. The van der Waals surface area contributed by atoms with E-state index in [1.165, 1.54) is 0 Å². The predicted molar refractivity (Wildman–Crippen MR) is 152 cm³/mol. The molecule has 3 unspecified atom stereocenters. The van der Waals surface area contributed by atoms with E-state index in [-0.39, 0.29) is 32.0 Å². The first-order valence-electron chi connectivity index (χ1n) is 13.6. The first-order chi connectivity index (χ1) is 19.9. The number of nitrogens with one attached hydrogen (secondary N) is 2. The van der Waals surface area contributed by atoms with E-state index in [2.05, 4.69) is 10.6 Å². The van der Waals surface area contributed by atoms with Gasteiger partial charge in [-0.1, -0.05) is 78.9 Å². The molecule has 4 rings (SSSR count). The molecule has 0 saturated heterocycles. The van der Waals surface area contributed by atoms with Gasteiger partial charge in [-0.15, -0.1) is 0 Å². The lowest BCUT2D eigenvalue weighted by atomic mass is 9.98. The topological polar surface area (TPSA) is 138 Å². The molecular formula is C32H33N3O6. The molecule has 0 saturated carbocycles. The molecule has 3 atom stereocenters. The Morgan fingerprint density at radius 1 is 0.927 bits per heavy atom. The molecule has 1 aliphatic carbocycles. The Balaban J connectivity index is 1.38. The van der Waals surface area contributed by atoms with Crippen molar-refractivity contribution in [1.82, 2.24) is 10.6 Å². The van der Waals surface area contributed by atoms with Gasteiger partial charge in [0.25, 0.3) is 0 Å². The van der Waals surface area contributed by atoms with Gasteiger partial charge in [0, 0.05) is 12.3 Å². The minimum Gasteiger partial charge on any atom is -0.480 e. The van der Waals surface area contributed by atoms with Crippen LogP contribution in [0.4, 0.5) is 4.79 Å². The van der Waals surface area contributed by atoms with E-state index in [1.54, 1.807) is 6.92 Å². The maximum atomic E-state index is 13.2. The number of benzene rings is 3. The van der Waals surface area contributed by atoms with Gasteiger partial charge >= 0.3 is 12.1 Å². The van der Waals surface area contributed by atoms with Gasteiger partial charge in [0.1, 0.15) is 12.6 Å². The lowest BCUT2D eigenvalue weighted by Gasteiger charge is -2.25. The minimum atomic E-state index is -1.35. The minimum absolute atomic E-state index is 0.0640. The fourth-order valence-electron chi connectivity index (χ4n) is 4.97. The second-order valence-corrected chi connectivity index (χ2v) is 9.90. The van der Waals surface area contributed by atoms with Crippen molar-refractivity contribution < 1.29 is 29.0 Å². The SMILES string of the molecule is CC(OCc1ccccc1)C(NC(=O)C(CCCC#N)NC(=O)OCC1c2ccccc2-c2ccccc21)C(=O)O. The molecule has 9 nitrogen and oxygen atoms in total. The van der Waals surface area contributed by atoms with E-state index in [1.807, 2.05) is 84.9 Å². The smallest absolute Gasteiger partial charge is 0.407 e. The third-order valence-corrected chi connectivity index (χ3v) is 7.12. The number of carboxylic acids is 1. The summed E-state index contributed by atoms with van der Waals surface area (Å²) >= 11 is 0. The summed E-state index contributed by atoms with van der Waals surface area (Å²) in [4.78, 5) is 38.0. The van der Waals surface area contributed by atoms with Crippen molar-refractivity contribution in [3.63, 3.8) is 0 Å². The normalized spacial score (nSPS) is 14.0. The Labute approximate surface area is 239 Å². The van der Waals surface area contributed by atoms with Gasteiger partial charge in [-0.25, -0.2) is 9.59 Å². The van der Waals surface area contributed by atoms with E-state index in [4.69, 9.17) is 14.7 Å². The molecule has 1 aliphatic rings. The molecule has 3 aromatic rings. The average Bonchev–Trinajstić information content (AvgIpc) is 3.31. The number of rotatable bonds is 13. The van der Waals surface area contributed by atoms with Crippen molar-refractivity contribution >= 4 is 18.0 Å². The van der Waals surface area contributed by atoms with E-state index in [9.17, 15) is 19.5 Å². The summed E-state index contributed by atoms with van der Waals surface area (Å²) in [5.74, 6) is -2.12. The van der Waals surface area contributed by atoms with E-state index < -0.39 is 36.2 Å². The summed E-state index contributed by atoms with van der Waals surface area (Å²) in [6.45, 7) is 1.80. The Hall–Kier alpha value is -4.68. The third-order valence-electron chi connectivity index (χ3n) is 7.12. The number of alkyl carbamates (subject to hydrolysis) is 1. The molecule has 9 heteroatoms. The van der Waals surface area contributed by atoms with Crippen LogP contribution in [0.3, 0.4) is 0 Å². The van der Waals surface area contributed by atoms with E-state index in [0.29, 0.717) is 6.42 Å². The maximum absolute atomic E-state index is 13.2. The second-order valence-electron chi connectivity index (χ2n) is 9.90. The van der Waals surface area contributed by atoms with Crippen LogP contribution in [-0.4, -0.2) is 47.9 Å². The van der Waals surface area contributed by atoms with Crippen LogP contribution in [0.5, 0.6) is 0 Å². The monoisotopic (exact) mass is 555 g/mol. The van der Waals surface area contributed by atoms with Gasteiger partial charge < -0.3 is 25.2 Å². The highest BCUT2D eigenvalue weighted by Gasteiger charge is 2.32. The molecule has 3 aromatic carbocycles. The number of carbonyl (C=O) groups excluding carboxylic acids is 2. The van der Waals surface area contributed by atoms with Crippen molar-refractivity contribution in [1.29, 1.82) is 5.26 Å². The fraction of sp³-hybridized carbons (Fsp3) is 0.312. The first kappa shape index (κ1) is 29.3. The molecule has 0 aliphatic heterocycles. The number of ether oxygens (including phenoxy) is 2. The third kappa shape index (κ3) is 7.50. The summed E-state index contributed by atoms with van der Waals surface area (Å²) in [6, 6.07) is 24.7. The predicted octanol–water partition coefficient (Wildman–Crippen LogP) is 4.76. The van der Waals surface area contributed by atoms with E-state index in [0.717, 1.165) is 27.8 Å². The summed E-state index contributed by atoms with van der Waals surface area (Å²) in [5, 5.41) is 23.8. The standard InChI is InChI=1S/C32H33N3O6/c1-21(40-19-22-11-3-2-4-12-22)29(31(37)38)35-30(36)28(17-9-10-18-33)34-32(39)41-20-27-25-15-7-5-13-23(25)24-14-6-8-16-26(24)27/h2-8,11-16,21,27-29H,9-10,17,19-20H2,1H3,(H,34,39)(H,35,36)(H,37,38). The van der Waals surface area contributed by atoms with Crippen LogP contribution >= 0.6 is 0 Å². The Morgan fingerprint density at radius 3 is 2.15 bits per heavy atom. The molecule has 2 amide bonds. The van der Waals surface area contributed by atoms with Crippen molar-refractivity contribution in [2.75, 3.05) is 6.61 Å². The maximum Gasteiger partial charge on any atom is 0.407 e. The van der Waals surface area contributed by atoms with Crippen LogP contribution in [0.1, 0.15) is 48.8 Å². The van der Waals surface area contributed by atoms with Gasteiger partial charge in [0.05, 0.1) is 18.8 Å². The lowest BCUT2D eigenvalue weighted by Crippen LogP contribution is -2.55. The van der Waals surface area contributed by atoms with Crippen LogP contribution in [0.25, 0.3) is 11.1 Å². The number of hydrogen-bond donors (Lipinski definition) is 3. The molecule has 212 valence electrons. The highest BCUT2D eigenvalue weighted by atomic mass is 16.5. The largest absolute Gasteiger partial charge is 0.480 e. The number of fused-ring (bicyclic) bond motifs is 3. The number of nitrogens with zero attached hydrogens (tertiary/aromatic N) is 1. The molecule has 41 heavy (non-hydrogen) atoms. The molecule has 0 heterocycles. The summed E-state index contributed by atoms with van der Waals surface area (Å²) in [5.41, 5.74) is 5.15. The van der Waals surface area contributed by atoms with Gasteiger partial charge in [0.15, 0.2) is 6.04 Å². The molecule has 0 spiro atoms. The quantitative estimate of drug-likeness (QED) is 0.259.